The number of carbonyl (C=O) groups is 1. The zero-order valence-corrected chi connectivity index (χ0v) is 16.8. The number of amides is 1. The minimum Gasteiger partial charge on any atom is -0.497 e. The second kappa shape index (κ2) is 9.65. The molecule has 2 atom stereocenters. The Labute approximate surface area is 170 Å². The fourth-order valence-electron chi connectivity index (χ4n) is 2.79. The van der Waals surface area contributed by atoms with Crippen LogP contribution in [0, 0.1) is 0 Å². The second-order valence-corrected chi connectivity index (χ2v) is 7.11. The first-order chi connectivity index (χ1) is 13.8. The molecule has 0 saturated heterocycles. The molecule has 0 heterocycles. The molecular weight excluding hydrogens is 375 g/mol. The van der Waals surface area contributed by atoms with Gasteiger partial charge in [-0.3, -0.25) is 15.3 Å². The minimum atomic E-state index is -1.99. The average molecular weight is 402 g/mol. The molecule has 2 rings (SSSR count). The maximum absolute atomic E-state index is 13.2. The number of rotatable bonds is 9. The fraction of sp³-hybridized carbons (Fsp3) is 0.318. The standard InChI is InChI=1S/C22H27FN2O4/c1-21(27,15-23)22(2,20(26)25-28)24-14-4-5-16-6-8-17(9-7-16)18-10-12-19(29-3)13-11-18/h4-13,24,27-28H,14-15H2,1-3H3,(H,25,26)/b5-4+. The third-order valence-corrected chi connectivity index (χ3v) is 5.11. The molecular formula is C22H27FN2O4. The average Bonchev–Trinajstić information content (AvgIpc) is 2.76. The first-order valence-electron chi connectivity index (χ1n) is 9.16. The molecule has 0 aromatic heterocycles. The molecule has 0 saturated carbocycles. The van der Waals surface area contributed by atoms with Crippen LogP contribution in [0.5, 0.6) is 5.75 Å². The van der Waals surface area contributed by atoms with Gasteiger partial charge in [-0.2, -0.15) is 0 Å². The van der Waals surface area contributed by atoms with Crippen LogP contribution in [-0.4, -0.2) is 47.7 Å². The third-order valence-electron chi connectivity index (χ3n) is 5.11. The van der Waals surface area contributed by atoms with Crippen LogP contribution < -0.4 is 15.5 Å². The molecule has 0 aliphatic heterocycles. The summed E-state index contributed by atoms with van der Waals surface area (Å²) in [7, 11) is 1.63. The van der Waals surface area contributed by atoms with E-state index in [1.807, 2.05) is 54.6 Å². The van der Waals surface area contributed by atoms with E-state index in [0.717, 1.165) is 22.4 Å². The Kier molecular flexibility index (Phi) is 7.50. The van der Waals surface area contributed by atoms with Crippen molar-refractivity contribution in [1.82, 2.24) is 10.8 Å². The molecule has 29 heavy (non-hydrogen) atoms. The van der Waals surface area contributed by atoms with E-state index in [9.17, 15) is 14.3 Å². The number of hydroxylamine groups is 1. The number of ether oxygens (including phenoxy) is 1. The number of nitrogens with one attached hydrogen (secondary N) is 2. The minimum absolute atomic E-state index is 0.181. The van der Waals surface area contributed by atoms with Crippen LogP contribution in [0.15, 0.2) is 54.6 Å². The Morgan fingerprint density at radius 3 is 2.14 bits per heavy atom. The van der Waals surface area contributed by atoms with Crippen LogP contribution >= 0.6 is 0 Å². The van der Waals surface area contributed by atoms with Gasteiger partial charge in [0.1, 0.15) is 23.6 Å². The zero-order valence-electron chi connectivity index (χ0n) is 16.8. The Morgan fingerprint density at radius 2 is 1.66 bits per heavy atom. The lowest BCUT2D eigenvalue weighted by Gasteiger charge is -2.39. The van der Waals surface area contributed by atoms with E-state index < -0.39 is 23.7 Å². The summed E-state index contributed by atoms with van der Waals surface area (Å²) < 4.78 is 18.3. The molecule has 2 aromatic carbocycles. The third kappa shape index (κ3) is 5.20. The summed E-state index contributed by atoms with van der Waals surface area (Å²) >= 11 is 0. The number of halogens is 1. The normalized spacial score (nSPS) is 15.5. The van der Waals surface area contributed by atoms with Gasteiger partial charge in [-0.1, -0.05) is 48.6 Å². The van der Waals surface area contributed by atoms with Crippen LogP contribution in [0.4, 0.5) is 4.39 Å². The molecule has 7 heteroatoms. The molecule has 6 nitrogen and oxygen atoms in total. The van der Waals surface area contributed by atoms with Crippen LogP contribution in [0.3, 0.4) is 0 Å². The van der Waals surface area contributed by atoms with Crippen LogP contribution in [-0.2, 0) is 4.79 Å². The van der Waals surface area contributed by atoms with E-state index >= 15 is 0 Å². The SMILES string of the molecule is COc1ccc(-c2ccc(/C=C/CNC(C)(C(=O)NO)C(C)(O)CF)cc2)cc1. The number of hydrogen-bond donors (Lipinski definition) is 4. The molecule has 0 fully saturated rings. The van der Waals surface area contributed by atoms with Crippen LogP contribution in [0.1, 0.15) is 19.4 Å². The van der Waals surface area contributed by atoms with Gasteiger partial charge in [-0.25, -0.2) is 9.87 Å². The molecule has 0 aliphatic carbocycles. The van der Waals surface area contributed by atoms with E-state index in [0.29, 0.717) is 0 Å². The first kappa shape index (κ1) is 22.5. The van der Waals surface area contributed by atoms with Crippen molar-refractivity contribution in [1.29, 1.82) is 0 Å². The van der Waals surface area contributed by atoms with Crippen molar-refractivity contribution in [2.45, 2.75) is 25.0 Å². The van der Waals surface area contributed by atoms with Crippen molar-refractivity contribution >= 4 is 12.0 Å². The lowest BCUT2D eigenvalue weighted by Crippen LogP contribution is -2.68. The lowest BCUT2D eigenvalue weighted by molar-refractivity contribution is -0.148. The molecule has 0 aliphatic rings. The highest BCUT2D eigenvalue weighted by Crippen LogP contribution is 2.24. The van der Waals surface area contributed by atoms with Crippen molar-refractivity contribution in [3.8, 4) is 16.9 Å². The molecule has 156 valence electrons. The van der Waals surface area contributed by atoms with Crippen molar-refractivity contribution in [3.63, 3.8) is 0 Å². The van der Waals surface area contributed by atoms with Gasteiger partial charge < -0.3 is 9.84 Å². The van der Waals surface area contributed by atoms with Crippen LogP contribution in [0.2, 0.25) is 0 Å². The molecule has 1 amide bonds. The van der Waals surface area contributed by atoms with Gasteiger partial charge in [0, 0.05) is 6.54 Å². The largest absolute Gasteiger partial charge is 0.497 e. The molecule has 0 radical (unpaired) electrons. The van der Waals surface area contributed by atoms with Crippen molar-refractivity contribution in [2.24, 2.45) is 0 Å². The summed E-state index contributed by atoms with van der Waals surface area (Å²) in [6.07, 6.45) is 3.59. The molecule has 2 unspecified atom stereocenters. The predicted octanol–water partition coefficient (Wildman–Crippen LogP) is 2.95. The van der Waals surface area contributed by atoms with Gasteiger partial charge >= 0.3 is 0 Å². The van der Waals surface area contributed by atoms with Gasteiger partial charge in [-0.05, 0) is 42.7 Å². The Morgan fingerprint density at radius 1 is 1.10 bits per heavy atom. The zero-order chi connectivity index (χ0) is 21.5. The number of methoxy groups -OCH3 is 1. The predicted molar refractivity (Wildman–Crippen MR) is 110 cm³/mol. The van der Waals surface area contributed by atoms with Gasteiger partial charge in [0.2, 0.25) is 0 Å². The summed E-state index contributed by atoms with van der Waals surface area (Å²) in [5, 5.41) is 21.9. The highest BCUT2D eigenvalue weighted by Gasteiger charge is 2.49. The summed E-state index contributed by atoms with van der Waals surface area (Å²) in [4.78, 5) is 11.9. The van der Waals surface area contributed by atoms with E-state index in [2.05, 4.69) is 5.32 Å². The number of carbonyl (C=O) groups excluding carboxylic acids is 1. The number of hydrogen-bond acceptors (Lipinski definition) is 5. The molecule has 4 N–H and O–H groups in total. The molecule has 0 spiro atoms. The maximum atomic E-state index is 13.2. The highest BCUT2D eigenvalue weighted by atomic mass is 19.1. The van der Waals surface area contributed by atoms with Gasteiger partial charge in [-0.15, -0.1) is 0 Å². The van der Waals surface area contributed by atoms with Gasteiger partial charge in [0.05, 0.1) is 7.11 Å². The topological polar surface area (TPSA) is 90.8 Å². The van der Waals surface area contributed by atoms with E-state index in [4.69, 9.17) is 9.94 Å². The van der Waals surface area contributed by atoms with Crippen LogP contribution in [0.25, 0.3) is 17.2 Å². The molecule has 2 aromatic rings. The lowest BCUT2D eigenvalue weighted by atomic mass is 9.82. The molecule has 0 bridgehead atoms. The summed E-state index contributed by atoms with van der Waals surface area (Å²) in [5.74, 6) is -0.119. The Bertz CT molecular complexity index is 835. The second-order valence-electron chi connectivity index (χ2n) is 7.11. The highest BCUT2D eigenvalue weighted by molar-refractivity contribution is 5.86. The van der Waals surface area contributed by atoms with Crippen molar-refractivity contribution in [2.75, 3.05) is 20.3 Å². The Balaban J connectivity index is 2.03. The van der Waals surface area contributed by atoms with Crippen molar-refractivity contribution in [3.05, 3.63) is 60.2 Å². The maximum Gasteiger partial charge on any atom is 0.266 e. The summed E-state index contributed by atoms with van der Waals surface area (Å²) in [6, 6.07) is 15.7. The van der Waals surface area contributed by atoms with E-state index in [-0.39, 0.29) is 6.54 Å². The summed E-state index contributed by atoms with van der Waals surface area (Å²) in [6.45, 7) is 1.55. The Hall–Kier alpha value is -2.74. The van der Waals surface area contributed by atoms with E-state index in [1.54, 1.807) is 13.2 Å². The van der Waals surface area contributed by atoms with Crippen molar-refractivity contribution < 1.29 is 24.2 Å². The van der Waals surface area contributed by atoms with Gasteiger partial charge in [0.25, 0.3) is 5.91 Å². The fourth-order valence-corrected chi connectivity index (χ4v) is 2.79. The monoisotopic (exact) mass is 402 g/mol. The number of aliphatic hydroxyl groups is 1. The smallest absolute Gasteiger partial charge is 0.266 e. The van der Waals surface area contributed by atoms with E-state index in [1.165, 1.54) is 19.3 Å². The van der Waals surface area contributed by atoms with Gasteiger partial charge in [0.15, 0.2) is 0 Å². The first-order valence-corrected chi connectivity index (χ1v) is 9.16. The summed E-state index contributed by atoms with van der Waals surface area (Å²) in [5.41, 5.74) is 0.847. The number of alkyl halides is 1. The number of benzene rings is 2. The quantitative estimate of drug-likeness (QED) is 0.382.